The molecule has 0 radical (unpaired) electrons. The van der Waals surface area contributed by atoms with Crippen LogP contribution in [-0.4, -0.2) is 11.9 Å². The Morgan fingerprint density at radius 2 is 1.62 bits per heavy atom. The molecule has 0 bridgehead atoms. The van der Waals surface area contributed by atoms with E-state index in [0.717, 1.165) is 22.9 Å². The molecule has 3 nitrogen and oxygen atoms in total. The van der Waals surface area contributed by atoms with Crippen molar-refractivity contribution in [2.75, 3.05) is 5.32 Å². The first-order valence-corrected chi connectivity index (χ1v) is 7.86. The van der Waals surface area contributed by atoms with Gasteiger partial charge in [-0.05, 0) is 47.0 Å². The summed E-state index contributed by atoms with van der Waals surface area (Å²) in [5.74, 6) is 0.395. The Labute approximate surface area is 147 Å². The molecule has 2 atom stereocenters. The van der Waals surface area contributed by atoms with E-state index < -0.39 is 0 Å². The SMILES string of the molecule is Cl.NC1CC1c1ccc(NC(=O)c2ccc3ccccc3c2)cc1. The van der Waals surface area contributed by atoms with E-state index in [1.54, 1.807) is 0 Å². The van der Waals surface area contributed by atoms with E-state index in [0.29, 0.717) is 17.5 Å². The zero-order chi connectivity index (χ0) is 15.8. The number of nitrogens with two attached hydrogens (primary N) is 1. The van der Waals surface area contributed by atoms with Crippen LogP contribution in [0.2, 0.25) is 0 Å². The van der Waals surface area contributed by atoms with Crippen molar-refractivity contribution >= 4 is 34.8 Å². The van der Waals surface area contributed by atoms with Crippen molar-refractivity contribution in [2.24, 2.45) is 5.73 Å². The van der Waals surface area contributed by atoms with Gasteiger partial charge in [-0.1, -0.05) is 42.5 Å². The van der Waals surface area contributed by atoms with Gasteiger partial charge in [0.25, 0.3) is 5.91 Å². The Morgan fingerprint density at radius 3 is 2.29 bits per heavy atom. The molecule has 3 aromatic carbocycles. The van der Waals surface area contributed by atoms with Crippen LogP contribution in [0, 0.1) is 0 Å². The smallest absolute Gasteiger partial charge is 0.255 e. The summed E-state index contributed by atoms with van der Waals surface area (Å²) in [6, 6.07) is 22.1. The van der Waals surface area contributed by atoms with Crippen molar-refractivity contribution in [3.05, 3.63) is 77.9 Å². The maximum absolute atomic E-state index is 12.4. The molecule has 0 saturated heterocycles. The molecule has 0 aliphatic heterocycles. The predicted octanol–water partition coefficient (Wildman–Crippen LogP) is 4.33. The maximum Gasteiger partial charge on any atom is 0.255 e. The second-order valence-corrected chi connectivity index (χ2v) is 6.14. The lowest BCUT2D eigenvalue weighted by atomic mass is 10.1. The number of carbonyl (C=O) groups is 1. The Kier molecular flexibility index (Phi) is 4.56. The minimum atomic E-state index is -0.0911. The number of nitrogens with one attached hydrogen (secondary N) is 1. The average Bonchev–Trinajstić information content (AvgIpc) is 3.32. The summed E-state index contributed by atoms with van der Waals surface area (Å²) in [5.41, 5.74) is 8.59. The van der Waals surface area contributed by atoms with Gasteiger partial charge in [-0.2, -0.15) is 0 Å². The highest BCUT2D eigenvalue weighted by molar-refractivity contribution is 6.06. The number of halogens is 1. The van der Waals surface area contributed by atoms with Crippen LogP contribution in [-0.2, 0) is 0 Å². The molecule has 0 aromatic heterocycles. The molecule has 122 valence electrons. The number of benzene rings is 3. The summed E-state index contributed by atoms with van der Waals surface area (Å²) in [6.07, 6.45) is 1.06. The highest BCUT2D eigenvalue weighted by atomic mass is 35.5. The Morgan fingerprint density at radius 1 is 0.958 bits per heavy atom. The summed E-state index contributed by atoms with van der Waals surface area (Å²) >= 11 is 0. The van der Waals surface area contributed by atoms with Crippen LogP contribution in [0.15, 0.2) is 66.7 Å². The third kappa shape index (κ3) is 3.28. The molecule has 2 unspecified atom stereocenters. The van der Waals surface area contributed by atoms with Gasteiger partial charge in [-0.25, -0.2) is 0 Å². The van der Waals surface area contributed by atoms with Gasteiger partial charge >= 0.3 is 0 Å². The number of hydrogen-bond acceptors (Lipinski definition) is 2. The van der Waals surface area contributed by atoms with Crippen molar-refractivity contribution in [3.63, 3.8) is 0 Å². The molecule has 1 aliphatic carbocycles. The maximum atomic E-state index is 12.4. The van der Waals surface area contributed by atoms with E-state index in [2.05, 4.69) is 5.32 Å². The van der Waals surface area contributed by atoms with Gasteiger partial charge in [0.1, 0.15) is 0 Å². The quantitative estimate of drug-likeness (QED) is 0.746. The summed E-state index contributed by atoms with van der Waals surface area (Å²) in [6.45, 7) is 0. The lowest BCUT2D eigenvalue weighted by Crippen LogP contribution is -2.11. The van der Waals surface area contributed by atoms with Gasteiger partial charge in [0, 0.05) is 23.2 Å². The number of hydrogen-bond donors (Lipinski definition) is 2. The van der Waals surface area contributed by atoms with Crippen molar-refractivity contribution in [2.45, 2.75) is 18.4 Å². The first-order chi connectivity index (χ1) is 11.2. The first kappa shape index (κ1) is 16.5. The highest BCUT2D eigenvalue weighted by Gasteiger charge is 2.34. The highest BCUT2D eigenvalue weighted by Crippen LogP contribution is 2.39. The van der Waals surface area contributed by atoms with Crippen LogP contribution >= 0.6 is 12.4 Å². The Balaban J connectivity index is 0.00000169. The zero-order valence-electron chi connectivity index (χ0n) is 13.1. The van der Waals surface area contributed by atoms with Gasteiger partial charge in [-0.3, -0.25) is 4.79 Å². The summed E-state index contributed by atoms with van der Waals surface area (Å²) in [7, 11) is 0. The topological polar surface area (TPSA) is 55.1 Å². The fourth-order valence-corrected chi connectivity index (χ4v) is 2.95. The lowest BCUT2D eigenvalue weighted by Gasteiger charge is -2.07. The van der Waals surface area contributed by atoms with Crippen LogP contribution in [0.3, 0.4) is 0 Å². The van der Waals surface area contributed by atoms with E-state index in [9.17, 15) is 4.79 Å². The van der Waals surface area contributed by atoms with Crippen LogP contribution < -0.4 is 11.1 Å². The number of anilines is 1. The largest absolute Gasteiger partial charge is 0.327 e. The number of rotatable bonds is 3. The molecule has 1 amide bonds. The summed E-state index contributed by atoms with van der Waals surface area (Å²) < 4.78 is 0. The van der Waals surface area contributed by atoms with E-state index in [1.807, 2.05) is 66.7 Å². The normalized spacial score (nSPS) is 18.7. The van der Waals surface area contributed by atoms with E-state index in [1.165, 1.54) is 5.56 Å². The predicted molar refractivity (Wildman–Crippen MR) is 101 cm³/mol. The van der Waals surface area contributed by atoms with Gasteiger partial charge < -0.3 is 11.1 Å². The Hall–Kier alpha value is -2.36. The summed E-state index contributed by atoms with van der Waals surface area (Å²) in [4.78, 5) is 12.4. The van der Waals surface area contributed by atoms with Gasteiger partial charge in [-0.15, -0.1) is 12.4 Å². The molecule has 3 N–H and O–H groups in total. The molecular weight excluding hydrogens is 320 g/mol. The number of amides is 1. The number of carbonyl (C=O) groups excluding carboxylic acids is 1. The molecule has 1 fully saturated rings. The van der Waals surface area contributed by atoms with Gasteiger partial charge in [0.05, 0.1) is 0 Å². The van der Waals surface area contributed by atoms with E-state index in [-0.39, 0.29) is 18.3 Å². The van der Waals surface area contributed by atoms with Crippen molar-refractivity contribution in [3.8, 4) is 0 Å². The molecule has 24 heavy (non-hydrogen) atoms. The first-order valence-electron chi connectivity index (χ1n) is 7.86. The molecule has 4 rings (SSSR count). The van der Waals surface area contributed by atoms with Crippen LogP contribution in [0.25, 0.3) is 10.8 Å². The second-order valence-electron chi connectivity index (χ2n) is 6.14. The molecule has 4 heteroatoms. The van der Waals surface area contributed by atoms with Crippen molar-refractivity contribution in [1.82, 2.24) is 0 Å². The average molecular weight is 339 g/mol. The fraction of sp³-hybridized carbons (Fsp3) is 0.150. The lowest BCUT2D eigenvalue weighted by molar-refractivity contribution is 0.102. The summed E-state index contributed by atoms with van der Waals surface area (Å²) in [5, 5.41) is 5.15. The zero-order valence-corrected chi connectivity index (χ0v) is 13.9. The molecule has 3 aromatic rings. The molecule has 0 spiro atoms. The van der Waals surface area contributed by atoms with Crippen LogP contribution in [0.5, 0.6) is 0 Å². The number of fused-ring (bicyclic) bond motifs is 1. The monoisotopic (exact) mass is 338 g/mol. The Bertz CT molecular complexity index is 876. The minimum absolute atomic E-state index is 0. The molecule has 1 aliphatic rings. The van der Waals surface area contributed by atoms with E-state index >= 15 is 0 Å². The van der Waals surface area contributed by atoms with Crippen molar-refractivity contribution < 1.29 is 4.79 Å². The third-order valence-electron chi connectivity index (χ3n) is 4.45. The standard InChI is InChI=1S/C20H18N2O.ClH/c21-19-12-18(19)14-7-9-17(10-8-14)22-20(23)16-6-5-13-3-1-2-4-15(13)11-16;/h1-11,18-19H,12,21H2,(H,22,23);1H. The van der Waals surface area contributed by atoms with E-state index in [4.69, 9.17) is 5.73 Å². The minimum Gasteiger partial charge on any atom is -0.327 e. The molecule has 0 heterocycles. The van der Waals surface area contributed by atoms with Gasteiger partial charge in [0.15, 0.2) is 0 Å². The molecule has 1 saturated carbocycles. The molecular formula is C20H19ClN2O. The van der Waals surface area contributed by atoms with Crippen LogP contribution in [0.1, 0.15) is 28.3 Å². The third-order valence-corrected chi connectivity index (χ3v) is 4.45. The fourth-order valence-electron chi connectivity index (χ4n) is 2.95. The van der Waals surface area contributed by atoms with Gasteiger partial charge in [0.2, 0.25) is 0 Å². The van der Waals surface area contributed by atoms with Crippen LogP contribution in [0.4, 0.5) is 5.69 Å². The van der Waals surface area contributed by atoms with Crippen molar-refractivity contribution in [1.29, 1.82) is 0 Å². The second kappa shape index (κ2) is 6.63.